The van der Waals surface area contributed by atoms with E-state index in [1.165, 1.54) is 16.7 Å². The number of rotatable bonds is 1. The van der Waals surface area contributed by atoms with Gasteiger partial charge in [0.1, 0.15) is 0 Å². The third-order valence-corrected chi connectivity index (χ3v) is 4.89. The van der Waals surface area contributed by atoms with Gasteiger partial charge < -0.3 is 5.11 Å². The zero-order chi connectivity index (χ0) is 15.9. The Balaban J connectivity index is 2.88. The Morgan fingerprint density at radius 3 is 1.86 bits per heavy atom. The lowest BCUT2D eigenvalue weighted by Gasteiger charge is -2.32. The lowest BCUT2D eigenvalue weighted by Crippen LogP contribution is -2.34. The molecule has 1 rings (SSSR count). The Morgan fingerprint density at radius 1 is 0.857 bits per heavy atom. The molecule has 0 aliphatic heterocycles. The van der Waals surface area contributed by atoms with Crippen LogP contribution in [0.2, 0.25) is 0 Å². The topological polar surface area (TPSA) is 20.2 Å². The van der Waals surface area contributed by atoms with Crippen LogP contribution >= 0.6 is 0 Å². The Kier molecular flexibility index (Phi) is 7.45. The van der Waals surface area contributed by atoms with Gasteiger partial charge in [0.15, 0.2) is 0 Å². The summed E-state index contributed by atoms with van der Waals surface area (Å²) >= 11 is 0. The molecule has 1 aliphatic carbocycles. The molecular formula is C20H34O. The van der Waals surface area contributed by atoms with Crippen molar-refractivity contribution in [3.8, 4) is 0 Å². The van der Waals surface area contributed by atoms with Gasteiger partial charge in [-0.2, -0.15) is 0 Å². The lowest BCUT2D eigenvalue weighted by molar-refractivity contribution is -0.0101. The van der Waals surface area contributed by atoms with E-state index in [0.717, 1.165) is 44.9 Å². The quantitative estimate of drug-likeness (QED) is 0.591. The van der Waals surface area contributed by atoms with Crippen molar-refractivity contribution >= 4 is 0 Å². The van der Waals surface area contributed by atoms with Gasteiger partial charge in [0.25, 0.3) is 0 Å². The van der Waals surface area contributed by atoms with Crippen molar-refractivity contribution in [2.75, 3.05) is 0 Å². The van der Waals surface area contributed by atoms with Gasteiger partial charge in [-0.1, -0.05) is 48.8 Å². The minimum atomic E-state index is -0.563. The molecule has 0 heterocycles. The average Bonchev–Trinajstić information content (AvgIpc) is 2.42. The van der Waals surface area contributed by atoms with E-state index in [9.17, 15) is 5.11 Å². The highest BCUT2D eigenvalue weighted by Gasteiger charge is 2.29. The van der Waals surface area contributed by atoms with Gasteiger partial charge in [0.2, 0.25) is 0 Å². The summed E-state index contributed by atoms with van der Waals surface area (Å²) in [5, 5.41) is 11.0. The van der Waals surface area contributed by atoms with Crippen LogP contribution in [0.15, 0.2) is 34.9 Å². The van der Waals surface area contributed by atoms with Crippen LogP contribution in [0.5, 0.6) is 0 Å². The molecule has 1 atom stereocenters. The van der Waals surface area contributed by atoms with Gasteiger partial charge >= 0.3 is 0 Å². The van der Waals surface area contributed by atoms with Crippen LogP contribution in [0.25, 0.3) is 0 Å². The summed E-state index contributed by atoms with van der Waals surface area (Å²) in [6, 6.07) is 0. The second-order valence-electron chi connectivity index (χ2n) is 7.19. The molecule has 1 N–H and O–H groups in total. The standard InChI is InChI=1S/C20H34O/c1-16(2)20(21)14-12-18(4)10-6-8-17(3)9-7-11-19(5)13-15-20/h8,11-12,16,21H,6-7,9-10,13-15H2,1-5H3. The maximum atomic E-state index is 11.0. The molecule has 0 radical (unpaired) electrons. The molecule has 0 bridgehead atoms. The summed E-state index contributed by atoms with van der Waals surface area (Å²) in [6.45, 7) is 10.9. The second-order valence-corrected chi connectivity index (χ2v) is 7.19. The summed E-state index contributed by atoms with van der Waals surface area (Å²) in [7, 11) is 0. The molecule has 0 spiro atoms. The summed E-state index contributed by atoms with van der Waals surface area (Å²) in [5.41, 5.74) is 3.76. The van der Waals surface area contributed by atoms with Crippen molar-refractivity contribution in [1.82, 2.24) is 0 Å². The number of allylic oxidation sites excluding steroid dienone is 5. The molecule has 0 aromatic heterocycles. The Labute approximate surface area is 131 Å². The van der Waals surface area contributed by atoms with Gasteiger partial charge in [-0.05, 0) is 71.6 Å². The molecule has 0 saturated carbocycles. The summed E-state index contributed by atoms with van der Waals surface area (Å²) in [4.78, 5) is 0. The fraction of sp³-hybridized carbons (Fsp3) is 0.700. The van der Waals surface area contributed by atoms with Gasteiger partial charge in [0.05, 0.1) is 5.60 Å². The minimum absolute atomic E-state index is 0.296. The molecule has 1 heteroatoms. The molecule has 120 valence electrons. The highest BCUT2D eigenvalue weighted by atomic mass is 16.3. The fourth-order valence-electron chi connectivity index (χ4n) is 2.79. The fourth-order valence-corrected chi connectivity index (χ4v) is 2.79. The maximum absolute atomic E-state index is 11.0. The molecule has 1 aliphatic rings. The van der Waals surface area contributed by atoms with Gasteiger partial charge in [0, 0.05) is 0 Å². The third kappa shape index (κ3) is 6.65. The molecule has 0 fully saturated rings. The third-order valence-electron chi connectivity index (χ3n) is 4.89. The van der Waals surface area contributed by atoms with E-state index in [2.05, 4.69) is 52.8 Å². The van der Waals surface area contributed by atoms with Crippen LogP contribution in [0.1, 0.15) is 79.6 Å². The lowest BCUT2D eigenvalue weighted by atomic mass is 9.81. The maximum Gasteiger partial charge on any atom is 0.0707 e. The van der Waals surface area contributed by atoms with Crippen LogP contribution in [-0.2, 0) is 0 Å². The Bertz CT molecular complexity index is 412. The first-order valence-electron chi connectivity index (χ1n) is 8.53. The smallest absolute Gasteiger partial charge is 0.0707 e. The van der Waals surface area contributed by atoms with Gasteiger partial charge in [-0.25, -0.2) is 0 Å². The van der Waals surface area contributed by atoms with Crippen molar-refractivity contribution in [1.29, 1.82) is 0 Å². The van der Waals surface area contributed by atoms with Crippen LogP contribution in [0, 0.1) is 5.92 Å². The summed E-state index contributed by atoms with van der Waals surface area (Å²) in [6.07, 6.45) is 14.2. The number of hydrogen-bond donors (Lipinski definition) is 1. The molecule has 0 aromatic carbocycles. The largest absolute Gasteiger partial charge is 0.389 e. The summed E-state index contributed by atoms with van der Waals surface area (Å²) < 4.78 is 0. The van der Waals surface area contributed by atoms with Gasteiger partial charge in [-0.15, -0.1) is 0 Å². The monoisotopic (exact) mass is 290 g/mol. The van der Waals surface area contributed by atoms with Crippen LogP contribution < -0.4 is 0 Å². The normalized spacial score (nSPS) is 26.7. The van der Waals surface area contributed by atoms with Crippen molar-refractivity contribution in [3.63, 3.8) is 0 Å². The molecule has 1 unspecified atom stereocenters. The molecule has 0 amide bonds. The number of aliphatic hydroxyl groups is 1. The van der Waals surface area contributed by atoms with Crippen LogP contribution in [0.3, 0.4) is 0 Å². The summed E-state index contributed by atoms with van der Waals surface area (Å²) in [5.74, 6) is 0.296. The van der Waals surface area contributed by atoms with Crippen molar-refractivity contribution < 1.29 is 5.11 Å². The van der Waals surface area contributed by atoms with Crippen molar-refractivity contribution in [2.24, 2.45) is 5.92 Å². The van der Waals surface area contributed by atoms with E-state index in [1.54, 1.807) is 0 Å². The van der Waals surface area contributed by atoms with E-state index in [4.69, 9.17) is 0 Å². The molecule has 1 nitrogen and oxygen atoms in total. The zero-order valence-electron chi connectivity index (χ0n) is 14.7. The van der Waals surface area contributed by atoms with E-state index in [1.807, 2.05) is 0 Å². The zero-order valence-corrected chi connectivity index (χ0v) is 14.7. The molecule has 0 aromatic rings. The predicted octanol–water partition coefficient (Wildman–Crippen LogP) is 5.96. The first-order chi connectivity index (χ1) is 9.83. The number of hydrogen-bond acceptors (Lipinski definition) is 1. The highest BCUT2D eigenvalue weighted by Crippen LogP contribution is 2.30. The average molecular weight is 290 g/mol. The van der Waals surface area contributed by atoms with E-state index in [0.29, 0.717) is 5.92 Å². The van der Waals surface area contributed by atoms with Crippen molar-refractivity contribution in [2.45, 2.75) is 85.2 Å². The molecular weight excluding hydrogens is 256 g/mol. The SMILES string of the molecule is CC1=CCCC(C)=CCC(O)(C(C)C)CCC(C)=CCC1. The van der Waals surface area contributed by atoms with Crippen LogP contribution in [0.4, 0.5) is 0 Å². The first kappa shape index (κ1) is 18.2. The van der Waals surface area contributed by atoms with Crippen LogP contribution in [-0.4, -0.2) is 10.7 Å². The Hall–Kier alpha value is -0.820. The predicted molar refractivity (Wildman–Crippen MR) is 93.4 cm³/mol. The van der Waals surface area contributed by atoms with Gasteiger partial charge in [-0.3, -0.25) is 0 Å². The minimum Gasteiger partial charge on any atom is -0.389 e. The Morgan fingerprint density at radius 2 is 1.33 bits per heavy atom. The van der Waals surface area contributed by atoms with E-state index < -0.39 is 5.60 Å². The van der Waals surface area contributed by atoms with E-state index >= 15 is 0 Å². The molecule has 0 saturated heterocycles. The second kappa shape index (κ2) is 8.58. The molecule has 21 heavy (non-hydrogen) atoms. The highest BCUT2D eigenvalue weighted by molar-refractivity contribution is 5.09. The van der Waals surface area contributed by atoms with Crippen molar-refractivity contribution in [3.05, 3.63) is 34.9 Å². The van der Waals surface area contributed by atoms with E-state index in [-0.39, 0.29) is 0 Å². The first-order valence-corrected chi connectivity index (χ1v) is 8.53.